The molecule has 0 spiro atoms. The number of rotatable bonds is 25. The van der Waals surface area contributed by atoms with E-state index in [4.69, 9.17) is 17.2 Å². The normalized spacial score (nSPS) is 17.1. The van der Waals surface area contributed by atoms with Gasteiger partial charge in [-0.15, -0.1) is 0 Å². The smallest absolute Gasteiger partial charge is 0.245 e. The van der Waals surface area contributed by atoms with Gasteiger partial charge in [0, 0.05) is 13.5 Å². The Hall–Kier alpha value is -5.01. The molecule has 1 aliphatic carbocycles. The van der Waals surface area contributed by atoms with Crippen molar-refractivity contribution in [1.29, 1.82) is 0 Å². The summed E-state index contributed by atoms with van der Waals surface area (Å²) in [5.74, 6) is -5.87. The highest BCUT2D eigenvalue weighted by Crippen LogP contribution is 2.27. The Kier molecular flexibility index (Phi) is 22.9. The van der Waals surface area contributed by atoms with Crippen molar-refractivity contribution in [3.63, 3.8) is 0 Å². The topological polar surface area (TPSA) is 331 Å². The summed E-state index contributed by atoms with van der Waals surface area (Å²) < 4.78 is 0. The van der Waals surface area contributed by atoms with E-state index in [9.17, 15) is 43.5 Å². The fraction of sp³-hybridized carbons (Fsp3) is 0.763. The molecular weight excluding hydrogens is 754 g/mol. The first-order chi connectivity index (χ1) is 27.2. The number of guanidine groups is 1. The van der Waals surface area contributed by atoms with E-state index in [1.807, 2.05) is 13.8 Å². The van der Waals surface area contributed by atoms with Crippen molar-refractivity contribution in [2.24, 2.45) is 39.9 Å². The summed E-state index contributed by atoms with van der Waals surface area (Å²) in [4.78, 5) is 108. The average molecular weight is 824 g/mol. The maximum atomic E-state index is 13.6. The number of primary amides is 1. The number of nitrogens with two attached hydrogens (primary N) is 3. The lowest BCUT2D eigenvalue weighted by Crippen LogP contribution is -2.60. The fourth-order valence-corrected chi connectivity index (χ4v) is 6.49. The molecule has 1 fully saturated rings. The zero-order valence-corrected chi connectivity index (χ0v) is 35.2. The predicted octanol–water partition coefficient (Wildman–Crippen LogP) is -1.97. The van der Waals surface area contributed by atoms with E-state index in [0.29, 0.717) is 19.3 Å². The van der Waals surface area contributed by atoms with Gasteiger partial charge in [-0.3, -0.25) is 43.3 Å². The molecule has 0 bridgehead atoms. The minimum Gasteiger partial charge on any atom is -0.394 e. The van der Waals surface area contributed by atoms with Crippen LogP contribution in [0.2, 0.25) is 0 Å². The third-order valence-electron chi connectivity index (χ3n) is 10.0. The van der Waals surface area contributed by atoms with Crippen LogP contribution in [0.25, 0.3) is 0 Å². The van der Waals surface area contributed by atoms with Gasteiger partial charge in [-0.1, -0.05) is 66.2 Å². The van der Waals surface area contributed by atoms with E-state index in [1.165, 1.54) is 20.8 Å². The molecule has 1 aliphatic rings. The minimum atomic E-state index is -1.45. The van der Waals surface area contributed by atoms with Crippen LogP contribution in [0.3, 0.4) is 0 Å². The second-order valence-electron chi connectivity index (χ2n) is 15.7. The van der Waals surface area contributed by atoms with Crippen molar-refractivity contribution < 1.29 is 43.5 Å². The molecule has 1 saturated carbocycles. The number of carbonyl (C=O) groups excluding carboxylic acids is 8. The van der Waals surface area contributed by atoms with Crippen molar-refractivity contribution >= 4 is 53.2 Å². The second-order valence-corrected chi connectivity index (χ2v) is 15.7. The van der Waals surface area contributed by atoms with Crippen LogP contribution in [-0.2, 0) is 38.4 Å². The van der Waals surface area contributed by atoms with E-state index in [0.717, 1.165) is 32.1 Å². The Morgan fingerprint density at radius 3 is 1.69 bits per heavy atom. The van der Waals surface area contributed by atoms with Gasteiger partial charge in [0.1, 0.15) is 42.3 Å². The Balaban J connectivity index is 3.05. The first-order valence-corrected chi connectivity index (χ1v) is 20.2. The molecule has 8 atom stereocenters. The van der Waals surface area contributed by atoms with Gasteiger partial charge >= 0.3 is 0 Å². The van der Waals surface area contributed by atoms with Crippen LogP contribution < -0.4 is 54.4 Å². The monoisotopic (exact) mass is 824 g/mol. The number of amides is 8. The van der Waals surface area contributed by atoms with Gasteiger partial charge in [-0.2, -0.15) is 0 Å². The van der Waals surface area contributed by atoms with Gasteiger partial charge in [0.25, 0.3) is 0 Å². The van der Waals surface area contributed by atoms with Crippen LogP contribution in [-0.4, -0.2) is 114 Å². The maximum absolute atomic E-state index is 13.6. The van der Waals surface area contributed by atoms with Crippen LogP contribution in [0.5, 0.6) is 0 Å². The van der Waals surface area contributed by atoms with E-state index >= 15 is 0 Å². The molecule has 0 aromatic heterocycles. The molecule has 58 heavy (non-hydrogen) atoms. The van der Waals surface area contributed by atoms with Crippen molar-refractivity contribution in [3.05, 3.63) is 0 Å². The molecule has 14 N–H and O–H groups in total. The number of aliphatic imine (C=N–C) groups is 1. The Bertz CT molecular complexity index is 1430. The Morgan fingerprint density at radius 2 is 1.17 bits per heavy atom. The van der Waals surface area contributed by atoms with E-state index in [2.05, 4.69) is 42.2 Å². The van der Waals surface area contributed by atoms with Crippen molar-refractivity contribution in [2.75, 3.05) is 13.2 Å². The summed E-state index contributed by atoms with van der Waals surface area (Å²) in [6.45, 7) is 10.6. The second kappa shape index (κ2) is 26.1. The van der Waals surface area contributed by atoms with Gasteiger partial charge < -0.3 is 59.5 Å². The third kappa shape index (κ3) is 19.0. The van der Waals surface area contributed by atoms with Gasteiger partial charge in [0.15, 0.2) is 5.96 Å². The summed E-state index contributed by atoms with van der Waals surface area (Å²) in [7, 11) is 0. The zero-order chi connectivity index (χ0) is 44.1. The summed E-state index contributed by atoms with van der Waals surface area (Å²) in [5, 5.41) is 27.8. The fourth-order valence-electron chi connectivity index (χ4n) is 6.49. The molecule has 0 aromatic rings. The summed E-state index contributed by atoms with van der Waals surface area (Å²) in [6.07, 6.45) is 6.53. The van der Waals surface area contributed by atoms with E-state index in [1.54, 1.807) is 13.8 Å². The molecule has 1 rings (SSSR count). The van der Waals surface area contributed by atoms with Crippen LogP contribution >= 0.6 is 0 Å². The highest BCUT2D eigenvalue weighted by molar-refractivity contribution is 5.97. The quantitative estimate of drug-likeness (QED) is 0.0273. The minimum absolute atomic E-state index is 0.0107. The van der Waals surface area contributed by atoms with Gasteiger partial charge in [-0.25, -0.2) is 0 Å². The number of nitrogens with zero attached hydrogens (tertiary/aromatic N) is 1. The molecule has 330 valence electrons. The summed E-state index contributed by atoms with van der Waals surface area (Å²) >= 11 is 0. The molecule has 0 heterocycles. The number of hydrogen-bond acceptors (Lipinski definition) is 10. The number of nitrogens with one attached hydrogen (secondary N) is 7. The lowest BCUT2D eigenvalue weighted by atomic mass is 9.84. The molecule has 8 amide bonds. The average Bonchev–Trinajstić information content (AvgIpc) is 3.15. The molecular formula is C38H69N11O9. The van der Waals surface area contributed by atoms with Gasteiger partial charge in [-0.05, 0) is 57.3 Å². The molecule has 20 nitrogen and oxygen atoms in total. The number of hydrogen-bond donors (Lipinski definition) is 11. The van der Waals surface area contributed by atoms with Gasteiger partial charge in [0.2, 0.25) is 47.3 Å². The zero-order valence-electron chi connectivity index (χ0n) is 35.2. The van der Waals surface area contributed by atoms with Crippen LogP contribution in [0.1, 0.15) is 113 Å². The van der Waals surface area contributed by atoms with E-state index < -0.39 is 96.2 Å². The number of aliphatic hydroxyl groups excluding tert-OH is 1. The van der Waals surface area contributed by atoms with Crippen LogP contribution in [0.4, 0.5) is 0 Å². The standard InChI is InChI=1S/C38H69N11O9/c1-8-21(4)30(37(58)44-22(5)32(53)48-29(19-50)36(57)47-27(31(39)52)17-20(2)3)49-33(54)23(6)43-34(55)26(15-12-16-42-38(40)41)46-35(56)28(45-24(7)51)18-25-13-10-9-11-14-25/h20-23,25-30,50H,8-19H2,1-7H3,(H2,39,52)(H,43,55)(H,44,58)(H,45,51)(H,46,56)(H,47,57)(H,48,53)(H,49,54)(H4,40,41,42)/t21-,22-,23-,26-,27-,28-,29-,30-/m0/s1. The van der Waals surface area contributed by atoms with E-state index in [-0.39, 0.29) is 43.1 Å². The van der Waals surface area contributed by atoms with Crippen molar-refractivity contribution in [3.8, 4) is 0 Å². The van der Waals surface area contributed by atoms with Crippen LogP contribution in [0.15, 0.2) is 4.99 Å². The molecule has 0 aromatic carbocycles. The number of aliphatic hydroxyl groups is 1. The summed E-state index contributed by atoms with van der Waals surface area (Å²) in [5.41, 5.74) is 16.3. The first-order valence-electron chi connectivity index (χ1n) is 20.2. The third-order valence-corrected chi connectivity index (χ3v) is 10.0. The first kappa shape index (κ1) is 51.0. The highest BCUT2D eigenvalue weighted by Gasteiger charge is 2.34. The number of carbonyl (C=O) groups is 8. The SMILES string of the molecule is CC[C@H](C)[C@H](NC(=O)[C@H](C)NC(=O)[C@H](CCCN=C(N)N)NC(=O)[C@H](CC1CCCCC1)NC(C)=O)C(=O)N[C@@H](C)C(=O)N[C@@H](CO)C(=O)N[C@@H](CC(C)C)C(N)=O. The molecule has 0 unspecified atom stereocenters. The molecule has 20 heteroatoms. The predicted molar refractivity (Wildman–Crippen MR) is 217 cm³/mol. The van der Waals surface area contributed by atoms with Crippen molar-refractivity contribution in [2.45, 2.75) is 155 Å². The Labute approximate surface area is 341 Å². The lowest BCUT2D eigenvalue weighted by molar-refractivity contribution is -0.136. The highest BCUT2D eigenvalue weighted by atomic mass is 16.3. The maximum Gasteiger partial charge on any atom is 0.245 e. The van der Waals surface area contributed by atoms with Crippen LogP contribution in [0, 0.1) is 17.8 Å². The molecule has 0 saturated heterocycles. The summed E-state index contributed by atoms with van der Waals surface area (Å²) in [6, 6.07) is -8.07. The molecule has 0 radical (unpaired) electrons. The van der Waals surface area contributed by atoms with Gasteiger partial charge in [0.05, 0.1) is 6.61 Å². The lowest BCUT2D eigenvalue weighted by Gasteiger charge is -2.29. The van der Waals surface area contributed by atoms with Crippen molar-refractivity contribution in [1.82, 2.24) is 37.2 Å². The Morgan fingerprint density at radius 1 is 0.655 bits per heavy atom. The largest absolute Gasteiger partial charge is 0.394 e. The molecule has 0 aliphatic heterocycles.